The van der Waals surface area contributed by atoms with Crippen LogP contribution in [0.1, 0.15) is 46.5 Å². The number of aliphatic hydroxyl groups excluding tert-OH is 1. The van der Waals surface area contributed by atoms with Crippen molar-refractivity contribution in [2.24, 2.45) is 17.8 Å². The third-order valence-corrected chi connectivity index (χ3v) is 9.07. The molecule has 10 nitrogen and oxygen atoms in total. The summed E-state index contributed by atoms with van der Waals surface area (Å²) in [7, 11) is 0. The number of amides is 2. The Balaban J connectivity index is 1.69. The normalized spacial score (nSPS) is 32.3. The number of rotatable bonds is 14. The van der Waals surface area contributed by atoms with Gasteiger partial charge in [-0.3, -0.25) is 19.3 Å². The van der Waals surface area contributed by atoms with Crippen LogP contribution in [0, 0.1) is 17.8 Å². The number of hydrogen-bond acceptors (Lipinski definition) is 8. The number of fused-ring (bicyclic) bond motifs is 1. The Bertz CT molecular complexity index is 967. The molecule has 0 saturated carbocycles. The van der Waals surface area contributed by atoms with Crippen LogP contribution in [0.2, 0.25) is 0 Å². The molecule has 0 aromatic heterocycles. The maximum atomic E-state index is 14.5. The number of morpholine rings is 1. The van der Waals surface area contributed by atoms with Crippen LogP contribution in [-0.2, 0) is 28.6 Å². The van der Waals surface area contributed by atoms with Crippen molar-refractivity contribution in [1.29, 1.82) is 0 Å². The number of hydrogen-bond donors (Lipinski definition) is 1. The quantitative estimate of drug-likeness (QED) is 0.194. The molecule has 4 rings (SSSR count). The van der Waals surface area contributed by atoms with Gasteiger partial charge in [-0.15, -0.1) is 13.2 Å². The summed E-state index contributed by atoms with van der Waals surface area (Å²) in [4.78, 5) is 47.9. The second kappa shape index (κ2) is 12.7. The van der Waals surface area contributed by atoms with Gasteiger partial charge in [-0.2, -0.15) is 0 Å². The van der Waals surface area contributed by atoms with Crippen LogP contribution < -0.4 is 0 Å². The van der Waals surface area contributed by atoms with Crippen molar-refractivity contribution in [2.45, 2.75) is 69.7 Å². The highest BCUT2D eigenvalue weighted by molar-refractivity contribution is 5.98. The standard InChI is InChI=1S/C30H47N3O7/c1-6-8-16-39-28(37)24-23-26(35)33(22(20-34)19-21(3)4)25(30(23)10-9-29(24,5)40-30)27(36)32(11-7-2)13-12-31-14-17-38-18-15-31/h6-7,21-25,34H,1-2,8-20H2,3-5H3/t22-,23+,24-,25?,29+,30?/m1/s1. The Morgan fingerprint density at radius 3 is 2.58 bits per heavy atom. The first-order valence-electron chi connectivity index (χ1n) is 14.7. The third kappa shape index (κ3) is 5.60. The fraction of sp³-hybridized carbons (Fsp3) is 0.767. The average molecular weight is 562 g/mol. The number of aliphatic hydroxyl groups is 1. The van der Waals surface area contributed by atoms with Crippen LogP contribution in [0.4, 0.5) is 0 Å². The number of esters is 1. The Morgan fingerprint density at radius 2 is 1.95 bits per heavy atom. The smallest absolute Gasteiger partial charge is 0.312 e. The fourth-order valence-electron chi connectivity index (χ4n) is 7.25. The molecule has 4 fully saturated rings. The minimum absolute atomic E-state index is 0.177. The molecule has 0 aliphatic carbocycles. The van der Waals surface area contributed by atoms with Crippen molar-refractivity contribution in [3.63, 3.8) is 0 Å². The summed E-state index contributed by atoms with van der Waals surface area (Å²) in [6, 6.07) is -1.52. The van der Waals surface area contributed by atoms with E-state index in [-0.39, 0.29) is 30.9 Å². The van der Waals surface area contributed by atoms with Crippen LogP contribution >= 0.6 is 0 Å². The monoisotopic (exact) mass is 561 g/mol. The average Bonchev–Trinajstić information content (AvgIpc) is 3.50. The van der Waals surface area contributed by atoms with Gasteiger partial charge in [0.15, 0.2) is 0 Å². The number of carbonyl (C=O) groups is 3. The Hall–Kier alpha value is -2.27. The molecule has 4 heterocycles. The molecule has 10 heteroatoms. The molecule has 2 unspecified atom stereocenters. The lowest BCUT2D eigenvalue weighted by Crippen LogP contribution is -2.59. The van der Waals surface area contributed by atoms with Gasteiger partial charge < -0.3 is 29.1 Å². The van der Waals surface area contributed by atoms with Gasteiger partial charge in [0.1, 0.15) is 17.6 Å². The topological polar surface area (TPSA) is 109 Å². The molecule has 4 aliphatic heterocycles. The van der Waals surface area contributed by atoms with Crippen LogP contribution in [0.3, 0.4) is 0 Å². The zero-order valence-corrected chi connectivity index (χ0v) is 24.4. The van der Waals surface area contributed by atoms with Crippen molar-refractivity contribution in [1.82, 2.24) is 14.7 Å². The van der Waals surface area contributed by atoms with E-state index in [1.54, 1.807) is 22.0 Å². The van der Waals surface area contributed by atoms with Crippen LogP contribution in [0.5, 0.6) is 0 Å². The number of likely N-dealkylation sites (tertiary alicyclic amines) is 1. The minimum atomic E-state index is -1.16. The molecule has 224 valence electrons. The first kappa shape index (κ1) is 30.7. The van der Waals surface area contributed by atoms with Crippen LogP contribution in [0.15, 0.2) is 25.3 Å². The van der Waals surface area contributed by atoms with Gasteiger partial charge in [0.2, 0.25) is 11.8 Å². The largest absolute Gasteiger partial charge is 0.465 e. The highest BCUT2D eigenvalue weighted by atomic mass is 16.6. The molecule has 4 aliphatic rings. The highest BCUT2D eigenvalue weighted by Crippen LogP contribution is 2.63. The van der Waals surface area contributed by atoms with Gasteiger partial charge in [-0.1, -0.05) is 26.0 Å². The van der Waals surface area contributed by atoms with Crippen molar-refractivity contribution >= 4 is 17.8 Å². The van der Waals surface area contributed by atoms with Crippen molar-refractivity contribution < 1.29 is 33.7 Å². The first-order valence-corrected chi connectivity index (χ1v) is 14.7. The van der Waals surface area contributed by atoms with Crippen molar-refractivity contribution in [2.75, 3.05) is 59.2 Å². The maximum absolute atomic E-state index is 14.5. The Morgan fingerprint density at radius 1 is 1.23 bits per heavy atom. The summed E-state index contributed by atoms with van der Waals surface area (Å²) >= 11 is 0. The second-order valence-electron chi connectivity index (χ2n) is 12.2. The van der Waals surface area contributed by atoms with Gasteiger partial charge in [-0.05, 0) is 38.5 Å². The molecule has 2 amide bonds. The van der Waals surface area contributed by atoms with Crippen molar-refractivity contribution in [3.8, 4) is 0 Å². The molecule has 0 aromatic rings. The molecule has 2 bridgehead atoms. The van der Waals surface area contributed by atoms with E-state index in [2.05, 4.69) is 18.1 Å². The van der Waals surface area contributed by atoms with E-state index in [1.807, 2.05) is 20.8 Å². The Kier molecular flexibility index (Phi) is 9.75. The summed E-state index contributed by atoms with van der Waals surface area (Å²) in [6.07, 6.45) is 5.42. The fourth-order valence-corrected chi connectivity index (χ4v) is 7.25. The lowest BCUT2D eigenvalue weighted by Gasteiger charge is -2.40. The predicted octanol–water partition coefficient (Wildman–Crippen LogP) is 1.62. The summed E-state index contributed by atoms with van der Waals surface area (Å²) in [5.41, 5.74) is -2.06. The molecule has 4 saturated heterocycles. The SMILES string of the molecule is C=CCCOC(=O)[C@H]1[C@H]2C(=O)N([C@@H](CO)CC(C)C)C(C(=O)N(CC=C)CCN3CCOCC3)C23CC[C@]1(C)O3. The zero-order chi connectivity index (χ0) is 29.1. The van der Waals surface area contributed by atoms with E-state index in [4.69, 9.17) is 14.2 Å². The molecule has 0 aromatic carbocycles. The predicted molar refractivity (Wildman–Crippen MR) is 149 cm³/mol. The molecule has 1 spiro atoms. The van der Waals surface area contributed by atoms with E-state index < -0.39 is 41.1 Å². The summed E-state index contributed by atoms with van der Waals surface area (Å²) < 4.78 is 17.7. The molecular weight excluding hydrogens is 514 g/mol. The van der Waals surface area contributed by atoms with Gasteiger partial charge in [0, 0.05) is 32.7 Å². The number of nitrogens with zero attached hydrogens (tertiary/aromatic N) is 3. The van der Waals surface area contributed by atoms with Gasteiger partial charge in [-0.25, -0.2) is 0 Å². The molecule has 0 radical (unpaired) electrons. The summed E-state index contributed by atoms with van der Waals surface area (Å²) in [5, 5.41) is 10.5. The van der Waals surface area contributed by atoms with E-state index in [0.717, 1.165) is 13.1 Å². The molecule has 1 N–H and O–H groups in total. The number of carbonyl (C=O) groups excluding carboxylic acids is 3. The highest BCUT2D eigenvalue weighted by Gasteiger charge is 2.79. The zero-order valence-electron chi connectivity index (χ0n) is 24.4. The number of ether oxygens (including phenoxy) is 3. The first-order chi connectivity index (χ1) is 19.1. The van der Waals surface area contributed by atoms with Crippen LogP contribution in [0.25, 0.3) is 0 Å². The van der Waals surface area contributed by atoms with Gasteiger partial charge >= 0.3 is 5.97 Å². The lowest BCUT2D eigenvalue weighted by molar-refractivity contribution is -0.162. The molecular formula is C30H47N3O7. The van der Waals surface area contributed by atoms with E-state index in [1.165, 1.54) is 0 Å². The second-order valence-corrected chi connectivity index (χ2v) is 12.2. The van der Waals surface area contributed by atoms with E-state index in [0.29, 0.717) is 58.5 Å². The maximum Gasteiger partial charge on any atom is 0.312 e. The molecule has 6 atom stereocenters. The summed E-state index contributed by atoms with van der Waals surface area (Å²) in [5.74, 6) is -2.49. The van der Waals surface area contributed by atoms with Gasteiger partial charge in [0.05, 0.1) is 44.0 Å². The summed E-state index contributed by atoms with van der Waals surface area (Å²) in [6.45, 7) is 17.7. The van der Waals surface area contributed by atoms with E-state index in [9.17, 15) is 19.5 Å². The molecule has 40 heavy (non-hydrogen) atoms. The van der Waals surface area contributed by atoms with E-state index >= 15 is 0 Å². The lowest BCUT2D eigenvalue weighted by atomic mass is 9.66. The van der Waals surface area contributed by atoms with Crippen molar-refractivity contribution in [3.05, 3.63) is 25.3 Å². The minimum Gasteiger partial charge on any atom is -0.465 e. The van der Waals surface area contributed by atoms with Crippen LogP contribution in [-0.4, -0.2) is 120 Å². The third-order valence-electron chi connectivity index (χ3n) is 9.07. The van der Waals surface area contributed by atoms with Gasteiger partial charge in [0.25, 0.3) is 0 Å². The Labute approximate surface area is 238 Å².